The maximum absolute atomic E-state index is 12.6. The molecule has 0 aliphatic carbocycles. The van der Waals surface area contributed by atoms with E-state index in [4.69, 9.17) is 4.74 Å². The van der Waals surface area contributed by atoms with Crippen LogP contribution in [0, 0.1) is 12.8 Å². The van der Waals surface area contributed by atoms with Crippen LogP contribution in [0.5, 0.6) is 5.75 Å². The smallest absolute Gasteiger partial charge is 0.260 e. The third kappa shape index (κ3) is 6.91. The number of carbonyl (C=O) groups excluding carboxylic acids is 3. The van der Waals surface area contributed by atoms with Crippen molar-refractivity contribution >= 4 is 23.4 Å². The number of nitrogens with one attached hydrogen (secondary N) is 1. The van der Waals surface area contributed by atoms with Crippen molar-refractivity contribution in [1.29, 1.82) is 0 Å². The molecule has 0 radical (unpaired) electrons. The Morgan fingerprint density at radius 2 is 1.94 bits per heavy atom. The number of ketones is 1. The molecule has 7 nitrogen and oxygen atoms in total. The number of anilines is 1. The molecule has 0 bridgehead atoms. The highest BCUT2D eigenvalue weighted by molar-refractivity contribution is 5.92. The number of rotatable bonds is 8. The second kappa shape index (κ2) is 10.7. The SMILES string of the molecule is CC(=O)CCc1ccc(OCC(=O)N2CCCC(C(=O)Nc3ccc(C)cn3)C2)cc1. The quantitative estimate of drug-likeness (QED) is 0.705. The lowest BCUT2D eigenvalue weighted by atomic mass is 9.97. The lowest BCUT2D eigenvalue weighted by molar-refractivity contribution is -0.136. The highest BCUT2D eigenvalue weighted by Gasteiger charge is 2.28. The van der Waals surface area contributed by atoms with Gasteiger partial charge in [-0.05, 0) is 62.4 Å². The van der Waals surface area contributed by atoms with Crippen LogP contribution in [-0.4, -0.2) is 47.2 Å². The fraction of sp³-hybridized carbons (Fsp3) is 0.417. The van der Waals surface area contributed by atoms with E-state index in [9.17, 15) is 14.4 Å². The molecule has 1 saturated heterocycles. The fourth-order valence-corrected chi connectivity index (χ4v) is 3.50. The van der Waals surface area contributed by atoms with Crippen molar-refractivity contribution in [3.8, 4) is 5.75 Å². The molecule has 2 heterocycles. The van der Waals surface area contributed by atoms with Gasteiger partial charge in [-0.3, -0.25) is 9.59 Å². The van der Waals surface area contributed by atoms with Gasteiger partial charge in [-0.25, -0.2) is 4.98 Å². The summed E-state index contributed by atoms with van der Waals surface area (Å²) in [6.07, 6.45) is 4.44. The number of aryl methyl sites for hydroxylation is 2. The molecule has 1 unspecified atom stereocenters. The van der Waals surface area contributed by atoms with Crippen molar-refractivity contribution in [2.24, 2.45) is 5.92 Å². The topological polar surface area (TPSA) is 88.6 Å². The zero-order valence-electron chi connectivity index (χ0n) is 18.1. The zero-order valence-corrected chi connectivity index (χ0v) is 18.1. The van der Waals surface area contributed by atoms with E-state index >= 15 is 0 Å². The van der Waals surface area contributed by atoms with Gasteiger partial charge < -0.3 is 19.7 Å². The molecular formula is C24H29N3O4. The van der Waals surface area contributed by atoms with Crippen molar-refractivity contribution in [1.82, 2.24) is 9.88 Å². The first-order valence-electron chi connectivity index (χ1n) is 10.6. The first-order valence-corrected chi connectivity index (χ1v) is 10.6. The van der Waals surface area contributed by atoms with Crippen LogP contribution >= 0.6 is 0 Å². The number of hydrogen-bond acceptors (Lipinski definition) is 5. The molecule has 7 heteroatoms. The first kappa shape index (κ1) is 22.5. The Morgan fingerprint density at radius 3 is 2.61 bits per heavy atom. The van der Waals surface area contributed by atoms with Crippen molar-refractivity contribution in [2.45, 2.75) is 39.5 Å². The van der Waals surface area contributed by atoms with Gasteiger partial charge in [0.1, 0.15) is 17.4 Å². The number of carbonyl (C=O) groups is 3. The Hall–Kier alpha value is -3.22. The molecule has 0 spiro atoms. The number of pyridine rings is 1. The molecule has 3 rings (SSSR count). The minimum atomic E-state index is -0.263. The average molecular weight is 424 g/mol. The van der Waals surface area contributed by atoms with E-state index in [1.54, 1.807) is 24.1 Å². The molecule has 1 aliphatic rings. The van der Waals surface area contributed by atoms with E-state index in [2.05, 4.69) is 10.3 Å². The van der Waals surface area contributed by atoms with Gasteiger partial charge >= 0.3 is 0 Å². The number of likely N-dealkylation sites (tertiary alicyclic amines) is 1. The minimum Gasteiger partial charge on any atom is -0.484 e. The molecule has 1 aromatic carbocycles. The maximum Gasteiger partial charge on any atom is 0.260 e. The second-order valence-corrected chi connectivity index (χ2v) is 8.02. The summed E-state index contributed by atoms with van der Waals surface area (Å²) in [5, 5.41) is 2.84. The highest BCUT2D eigenvalue weighted by Crippen LogP contribution is 2.19. The summed E-state index contributed by atoms with van der Waals surface area (Å²) < 4.78 is 5.64. The maximum atomic E-state index is 12.6. The summed E-state index contributed by atoms with van der Waals surface area (Å²) in [5.74, 6) is 0.782. The lowest BCUT2D eigenvalue weighted by Crippen LogP contribution is -2.45. The molecule has 1 fully saturated rings. The van der Waals surface area contributed by atoms with Gasteiger partial charge in [-0.15, -0.1) is 0 Å². The molecule has 1 aliphatic heterocycles. The number of aromatic nitrogens is 1. The Morgan fingerprint density at radius 1 is 1.16 bits per heavy atom. The predicted molar refractivity (Wildman–Crippen MR) is 118 cm³/mol. The minimum absolute atomic E-state index is 0.0688. The lowest BCUT2D eigenvalue weighted by Gasteiger charge is -2.32. The summed E-state index contributed by atoms with van der Waals surface area (Å²) >= 11 is 0. The Labute approximate surface area is 182 Å². The van der Waals surface area contributed by atoms with Gasteiger partial charge in [0.25, 0.3) is 5.91 Å². The van der Waals surface area contributed by atoms with Crippen LogP contribution in [0.25, 0.3) is 0 Å². The number of ether oxygens (including phenoxy) is 1. The first-order chi connectivity index (χ1) is 14.9. The normalized spacial score (nSPS) is 15.9. The van der Waals surface area contributed by atoms with Crippen molar-refractivity contribution in [3.63, 3.8) is 0 Å². The van der Waals surface area contributed by atoms with Gasteiger partial charge in [0, 0.05) is 25.7 Å². The van der Waals surface area contributed by atoms with E-state index in [-0.39, 0.29) is 30.1 Å². The molecule has 2 aromatic rings. The molecule has 1 aromatic heterocycles. The van der Waals surface area contributed by atoms with Crippen LogP contribution in [0.1, 0.15) is 37.3 Å². The van der Waals surface area contributed by atoms with Crippen LogP contribution in [0.4, 0.5) is 5.82 Å². The van der Waals surface area contributed by atoms with Crippen molar-refractivity contribution in [3.05, 3.63) is 53.7 Å². The molecular weight excluding hydrogens is 394 g/mol. The van der Waals surface area contributed by atoms with Gasteiger partial charge in [-0.2, -0.15) is 0 Å². The number of amides is 2. The van der Waals surface area contributed by atoms with Crippen LogP contribution in [0.2, 0.25) is 0 Å². The van der Waals surface area contributed by atoms with E-state index in [0.717, 1.165) is 24.0 Å². The zero-order chi connectivity index (χ0) is 22.2. The van der Waals surface area contributed by atoms with Crippen molar-refractivity contribution < 1.29 is 19.1 Å². The Balaban J connectivity index is 1.47. The summed E-state index contributed by atoms with van der Waals surface area (Å²) in [7, 11) is 0. The van der Waals surface area contributed by atoms with Gasteiger partial charge in [-0.1, -0.05) is 18.2 Å². The summed E-state index contributed by atoms with van der Waals surface area (Å²) in [4.78, 5) is 42.2. The van der Waals surface area contributed by atoms with E-state index in [1.165, 1.54) is 0 Å². The second-order valence-electron chi connectivity index (χ2n) is 8.02. The average Bonchev–Trinajstić information content (AvgIpc) is 2.78. The molecule has 1 atom stereocenters. The van der Waals surface area contributed by atoms with Gasteiger partial charge in [0.15, 0.2) is 6.61 Å². The number of Topliss-reactive ketones (excluding diaryl/α,β-unsaturated/α-hetero) is 1. The third-order valence-electron chi connectivity index (χ3n) is 5.36. The van der Waals surface area contributed by atoms with Crippen LogP contribution in [0.3, 0.4) is 0 Å². The summed E-state index contributed by atoms with van der Waals surface area (Å²) in [5.41, 5.74) is 2.08. The molecule has 1 N–H and O–H groups in total. The molecule has 164 valence electrons. The Kier molecular flexibility index (Phi) is 7.76. The third-order valence-corrected chi connectivity index (χ3v) is 5.36. The predicted octanol–water partition coefficient (Wildman–Crippen LogP) is 3.17. The molecule has 2 amide bonds. The van der Waals surface area contributed by atoms with Gasteiger partial charge in [0.2, 0.25) is 5.91 Å². The van der Waals surface area contributed by atoms with E-state index in [0.29, 0.717) is 37.5 Å². The standard InChI is InChI=1S/C24H29N3O4/c1-17-5-12-22(25-14-17)26-24(30)20-4-3-13-27(15-20)23(29)16-31-21-10-8-19(9-11-21)7-6-18(2)28/h5,8-12,14,20H,3-4,6-7,13,15-16H2,1-2H3,(H,25,26,30). The Bertz CT molecular complexity index is 909. The van der Waals surface area contributed by atoms with Crippen LogP contribution in [-0.2, 0) is 20.8 Å². The summed E-state index contributed by atoms with van der Waals surface area (Å²) in [6.45, 7) is 4.45. The molecule has 0 saturated carbocycles. The van der Waals surface area contributed by atoms with Gasteiger partial charge in [0.05, 0.1) is 5.92 Å². The number of hydrogen-bond donors (Lipinski definition) is 1. The number of piperidine rings is 1. The summed E-state index contributed by atoms with van der Waals surface area (Å²) in [6, 6.07) is 11.1. The van der Waals surface area contributed by atoms with Crippen LogP contribution in [0.15, 0.2) is 42.6 Å². The monoisotopic (exact) mass is 423 g/mol. The molecule has 31 heavy (non-hydrogen) atoms. The largest absolute Gasteiger partial charge is 0.484 e. The number of benzene rings is 1. The van der Waals surface area contributed by atoms with Crippen LogP contribution < -0.4 is 10.1 Å². The van der Waals surface area contributed by atoms with E-state index in [1.807, 2.05) is 37.3 Å². The van der Waals surface area contributed by atoms with E-state index < -0.39 is 0 Å². The highest BCUT2D eigenvalue weighted by atomic mass is 16.5. The van der Waals surface area contributed by atoms with Crippen molar-refractivity contribution in [2.75, 3.05) is 25.0 Å². The fourth-order valence-electron chi connectivity index (χ4n) is 3.50. The number of nitrogens with zero attached hydrogens (tertiary/aromatic N) is 2.